The highest BCUT2D eigenvalue weighted by Gasteiger charge is 2.27. The van der Waals surface area contributed by atoms with Crippen molar-refractivity contribution in [3.63, 3.8) is 0 Å². The number of hydrogen-bond acceptors (Lipinski definition) is 2. The number of rotatable bonds is 3. The molecule has 2 nitrogen and oxygen atoms in total. The molecule has 0 aromatic heterocycles. The highest BCUT2D eigenvalue weighted by Crippen LogP contribution is 2.27. The molecule has 1 aliphatic heterocycles. The van der Waals surface area contributed by atoms with E-state index >= 15 is 0 Å². The van der Waals surface area contributed by atoms with Gasteiger partial charge in [0.25, 0.3) is 0 Å². The molecule has 2 heteroatoms. The van der Waals surface area contributed by atoms with E-state index in [0.29, 0.717) is 6.04 Å². The molecule has 88 valence electrons. The molecule has 0 bridgehead atoms. The third kappa shape index (κ3) is 2.94. The minimum atomic E-state index is 0.467. The van der Waals surface area contributed by atoms with E-state index in [4.69, 9.17) is 5.73 Å². The van der Waals surface area contributed by atoms with Gasteiger partial charge in [-0.25, -0.2) is 0 Å². The summed E-state index contributed by atoms with van der Waals surface area (Å²) < 4.78 is 0. The summed E-state index contributed by atoms with van der Waals surface area (Å²) in [6.45, 7) is 6.13. The quantitative estimate of drug-likeness (QED) is 0.774. The monoisotopic (exact) mass is 210 g/mol. The van der Waals surface area contributed by atoms with Gasteiger partial charge in [-0.3, -0.25) is 0 Å². The number of nitrogens with zero attached hydrogens (tertiary/aromatic N) is 1. The molecule has 1 heterocycles. The van der Waals surface area contributed by atoms with Gasteiger partial charge in [-0.05, 0) is 37.6 Å². The second-order valence-corrected chi connectivity index (χ2v) is 5.53. The van der Waals surface area contributed by atoms with Crippen LogP contribution in [0.25, 0.3) is 0 Å². The Kier molecular flexibility index (Phi) is 4.04. The maximum Gasteiger partial charge on any atom is 0.00914 e. The van der Waals surface area contributed by atoms with Gasteiger partial charge in [0.05, 0.1) is 0 Å². The molecule has 0 spiro atoms. The van der Waals surface area contributed by atoms with Crippen LogP contribution >= 0.6 is 0 Å². The van der Waals surface area contributed by atoms with Crippen molar-refractivity contribution < 1.29 is 0 Å². The van der Waals surface area contributed by atoms with Crippen molar-refractivity contribution in [1.82, 2.24) is 4.90 Å². The third-order valence-electron chi connectivity index (χ3n) is 4.39. The van der Waals surface area contributed by atoms with E-state index in [1.54, 1.807) is 0 Å². The average Bonchev–Trinajstić information content (AvgIpc) is 2.73. The van der Waals surface area contributed by atoms with E-state index in [9.17, 15) is 0 Å². The van der Waals surface area contributed by atoms with Gasteiger partial charge in [-0.2, -0.15) is 0 Å². The first kappa shape index (κ1) is 11.4. The van der Waals surface area contributed by atoms with Crippen LogP contribution in [-0.2, 0) is 0 Å². The molecule has 0 aromatic carbocycles. The lowest BCUT2D eigenvalue weighted by Crippen LogP contribution is -2.47. The topological polar surface area (TPSA) is 29.3 Å². The molecule has 1 saturated heterocycles. The molecule has 15 heavy (non-hydrogen) atoms. The smallest absolute Gasteiger partial charge is 0.00914 e. The zero-order valence-electron chi connectivity index (χ0n) is 10.1. The average molecular weight is 210 g/mol. The molecule has 2 unspecified atom stereocenters. The predicted octanol–water partition coefficient (Wildman–Crippen LogP) is 2.24. The Morgan fingerprint density at radius 1 is 1.20 bits per heavy atom. The highest BCUT2D eigenvalue weighted by atomic mass is 15.1. The molecule has 0 aromatic rings. The molecule has 2 fully saturated rings. The van der Waals surface area contributed by atoms with E-state index in [1.165, 1.54) is 58.2 Å². The summed E-state index contributed by atoms with van der Waals surface area (Å²) in [4.78, 5) is 2.67. The van der Waals surface area contributed by atoms with Gasteiger partial charge in [0, 0.05) is 19.1 Å². The van der Waals surface area contributed by atoms with E-state index in [0.717, 1.165) is 11.8 Å². The SMILES string of the molecule is CCC1CN(CC2CCCC2)CCC1N. The van der Waals surface area contributed by atoms with Gasteiger partial charge >= 0.3 is 0 Å². The largest absolute Gasteiger partial charge is 0.327 e. The molecule has 0 amide bonds. The molecular formula is C13H26N2. The van der Waals surface area contributed by atoms with Crippen molar-refractivity contribution in [3.05, 3.63) is 0 Å². The highest BCUT2D eigenvalue weighted by molar-refractivity contribution is 4.83. The van der Waals surface area contributed by atoms with Gasteiger partial charge in [-0.15, -0.1) is 0 Å². The second kappa shape index (κ2) is 5.31. The molecule has 2 N–H and O–H groups in total. The molecule has 2 rings (SSSR count). The Labute approximate surface area is 94.2 Å². The van der Waals surface area contributed by atoms with Crippen molar-refractivity contribution >= 4 is 0 Å². The molecule has 2 atom stereocenters. The minimum absolute atomic E-state index is 0.467. The van der Waals surface area contributed by atoms with E-state index < -0.39 is 0 Å². The van der Waals surface area contributed by atoms with Crippen molar-refractivity contribution in [1.29, 1.82) is 0 Å². The number of nitrogens with two attached hydrogens (primary N) is 1. The first-order chi connectivity index (χ1) is 7.29. The fourth-order valence-corrected chi connectivity index (χ4v) is 3.28. The lowest BCUT2D eigenvalue weighted by atomic mass is 9.90. The minimum Gasteiger partial charge on any atom is -0.327 e. The van der Waals surface area contributed by atoms with Gasteiger partial charge in [0.1, 0.15) is 0 Å². The second-order valence-electron chi connectivity index (χ2n) is 5.53. The van der Waals surface area contributed by atoms with Crippen LogP contribution in [0.5, 0.6) is 0 Å². The van der Waals surface area contributed by atoms with Gasteiger partial charge in [-0.1, -0.05) is 26.2 Å². The van der Waals surface area contributed by atoms with Crippen LogP contribution in [0.15, 0.2) is 0 Å². The number of piperidine rings is 1. The zero-order chi connectivity index (χ0) is 10.7. The van der Waals surface area contributed by atoms with E-state index in [-0.39, 0.29) is 0 Å². The molecule has 1 aliphatic carbocycles. The van der Waals surface area contributed by atoms with Crippen LogP contribution in [0.4, 0.5) is 0 Å². The van der Waals surface area contributed by atoms with E-state index in [1.807, 2.05) is 0 Å². The standard InChI is InChI=1S/C13H26N2/c1-2-12-10-15(8-7-13(12)14)9-11-5-3-4-6-11/h11-13H,2-10,14H2,1H3. The van der Waals surface area contributed by atoms with Crippen molar-refractivity contribution in [2.75, 3.05) is 19.6 Å². The fourth-order valence-electron chi connectivity index (χ4n) is 3.28. The Hall–Kier alpha value is -0.0800. The Balaban J connectivity index is 1.78. The van der Waals surface area contributed by atoms with Gasteiger partial charge in [0.2, 0.25) is 0 Å². The number of likely N-dealkylation sites (tertiary alicyclic amines) is 1. The third-order valence-corrected chi connectivity index (χ3v) is 4.39. The van der Waals surface area contributed by atoms with E-state index in [2.05, 4.69) is 11.8 Å². The van der Waals surface area contributed by atoms with Crippen LogP contribution in [-0.4, -0.2) is 30.6 Å². The van der Waals surface area contributed by atoms with Crippen LogP contribution in [0.1, 0.15) is 45.4 Å². The predicted molar refractivity (Wildman–Crippen MR) is 64.8 cm³/mol. The zero-order valence-corrected chi connectivity index (χ0v) is 10.1. The maximum absolute atomic E-state index is 6.13. The summed E-state index contributed by atoms with van der Waals surface area (Å²) in [5.74, 6) is 1.75. The van der Waals surface area contributed by atoms with Crippen molar-refractivity contribution in [2.45, 2.75) is 51.5 Å². The first-order valence-electron chi connectivity index (χ1n) is 6.77. The first-order valence-corrected chi connectivity index (χ1v) is 6.77. The Morgan fingerprint density at radius 3 is 2.60 bits per heavy atom. The van der Waals surface area contributed by atoms with Crippen LogP contribution < -0.4 is 5.73 Å². The fraction of sp³-hybridized carbons (Fsp3) is 1.00. The normalized spacial score (nSPS) is 34.8. The van der Waals surface area contributed by atoms with Crippen molar-refractivity contribution in [3.8, 4) is 0 Å². The lowest BCUT2D eigenvalue weighted by Gasteiger charge is -2.37. The van der Waals surface area contributed by atoms with Gasteiger partial charge < -0.3 is 10.6 Å². The Bertz CT molecular complexity index is 185. The summed E-state index contributed by atoms with van der Waals surface area (Å²) in [6.07, 6.45) is 8.34. The maximum atomic E-state index is 6.13. The van der Waals surface area contributed by atoms with Crippen LogP contribution in [0.2, 0.25) is 0 Å². The lowest BCUT2D eigenvalue weighted by molar-refractivity contribution is 0.133. The molecule has 1 saturated carbocycles. The molecular weight excluding hydrogens is 184 g/mol. The molecule has 2 aliphatic rings. The molecule has 0 radical (unpaired) electrons. The van der Waals surface area contributed by atoms with Crippen LogP contribution in [0.3, 0.4) is 0 Å². The summed E-state index contributed by atoms with van der Waals surface area (Å²) in [6, 6.07) is 0.467. The summed E-state index contributed by atoms with van der Waals surface area (Å²) in [5, 5.41) is 0. The summed E-state index contributed by atoms with van der Waals surface area (Å²) >= 11 is 0. The Morgan fingerprint density at radius 2 is 1.93 bits per heavy atom. The van der Waals surface area contributed by atoms with Gasteiger partial charge in [0.15, 0.2) is 0 Å². The van der Waals surface area contributed by atoms with Crippen LogP contribution in [0, 0.1) is 11.8 Å². The van der Waals surface area contributed by atoms with Crippen molar-refractivity contribution in [2.24, 2.45) is 17.6 Å². The summed E-state index contributed by atoms with van der Waals surface area (Å²) in [5.41, 5.74) is 6.13. The summed E-state index contributed by atoms with van der Waals surface area (Å²) in [7, 11) is 0. The number of hydrogen-bond donors (Lipinski definition) is 1.